The smallest absolute Gasteiger partial charge is 0.155 e. The van der Waals surface area contributed by atoms with E-state index < -0.39 is 0 Å². The molecule has 0 spiro atoms. The van der Waals surface area contributed by atoms with Crippen molar-refractivity contribution in [2.75, 3.05) is 13.1 Å². The molecule has 0 saturated heterocycles. The summed E-state index contributed by atoms with van der Waals surface area (Å²) in [6.07, 6.45) is 6.98. The highest BCUT2D eigenvalue weighted by Crippen LogP contribution is 2.36. The summed E-state index contributed by atoms with van der Waals surface area (Å²) >= 11 is 0. The zero-order valence-corrected chi connectivity index (χ0v) is 13.7. The SMILES string of the molecule is CCC1CCCC(C(=O)C(C)(CC)N(CC)CC)C1. The number of rotatable bonds is 7. The summed E-state index contributed by atoms with van der Waals surface area (Å²) in [5, 5.41) is 0. The van der Waals surface area contributed by atoms with Gasteiger partial charge in [0.2, 0.25) is 0 Å². The molecule has 0 bridgehead atoms. The molecule has 2 nitrogen and oxygen atoms in total. The number of hydrogen-bond acceptors (Lipinski definition) is 2. The summed E-state index contributed by atoms with van der Waals surface area (Å²) in [6.45, 7) is 12.9. The van der Waals surface area contributed by atoms with E-state index in [-0.39, 0.29) is 5.54 Å². The van der Waals surface area contributed by atoms with Crippen molar-refractivity contribution in [2.24, 2.45) is 11.8 Å². The summed E-state index contributed by atoms with van der Waals surface area (Å²) in [7, 11) is 0. The fourth-order valence-corrected chi connectivity index (χ4v) is 3.81. The summed E-state index contributed by atoms with van der Waals surface area (Å²) in [5.41, 5.74) is -0.246. The first-order valence-electron chi connectivity index (χ1n) is 8.32. The first-order valence-corrected chi connectivity index (χ1v) is 8.32. The van der Waals surface area contributed by atoms with E-state index in [4.69, 9.17) is 0 Å². The van der Waals surface area contributed by atoms with Crippen LogP contribution in [0.1, 0.15) is 73.1 Å². The fourth-order valence-electron chi connectivity index (χ4n) is 3.81. The van der Waals surface area contributed by atoms with Gasteiger partial charge >= 0.3 is 0 Å². The molecule has 1 aliphatic rings. The summed E-state index contributed by atoms with van der Waals surface area (Å²) in [6, 6.07) is 0. The van der Waals surface area contributed by atoms with Gasteiger partial charge in [0, 0.05) is 5.92 Å². The maximum Gasteiger partial charge on any atom is 0.155 e. The molecular formula is C17H33NO. The van der Waals surface area contributed by atoms with Crippen LogP contribution in [0.25, 0.3) is 0 Å². The summed E-state index contributed by atoms with van der Waals surface area (Å²) in [5.74, 6) is 1.60. The van der Waals surface area contributed by atoms with Gasteiger partial charge in [0.1, 0.15) is 0 Å². The first-order chi connectivity index (χ1) is 9.03. The van der Waals surface area contributed by atoms with Gasteiger partial charge in [0.05, 0.1) is 5.54 Å². The van der Waals surface area contributed by atoms with Crippen molar-refractivity contribution >= 4 is 5.78 Å². The van der Waals surface area contributed by atoms with Crippen LogP contribution >= 0.6 is 0 Å². The Labute approximate surface area is 119 Å². The van der Waals surface area contributed by atoms with Gasteiger partial charge in [0.25, 0.3) is 0 Å². The molecule has 0 aromatic heterocycles. The minimum absolute atomic E-state index is 0.246. The van der Waals surface area contributed by atoms with Crippen molar-refractivity contribution in [1.82, 2.24) is 4.90 Å². The largest absolute Gasteiger partial charge is 0.297 e. The Bertz CT molecular complexity index is 285. The lowest BCUT2D eigenvalue weighted by Crippen LogP contribution is -2.54. The van der Waals surface area contributed by atoms with Gasteiger partial charge in [-0.2, -0.15) is 0 Å². The molecule has 3 atom stereocenters. The maximum absolute atomic E-state index is 13.0. The Morgan fingerprint density at radius 2 is 1.79 bits per heavy atom. The highest BCUT2D eigenvalue weighted by Gasteiger charge is 2.41. The number of Topliss-reactive ketones (excluding diaryl/α,β-unsaturated/α-hetero) is 1. The fraction of sp³-hybridized carbons (Fsp3) is 0.941. The van der Waals surface area contributed by atoms with Crippen LogP contribution < -0.4 is 0 Å². The number of hydrogen-bond donors (Lipinski definition) is 0. The van der Waals surface area contributed by atoms with Crippen LogP contribution in [0.4, 0.5) is 0 Å². The highest BCUT2D eigenvalue weighted by molar-refractivity contribution is 5.90. The van der Waals surface area contributed by atoms with Crippen LogP contribution in [0.5, 0.6) is 0 Å². The number of likely N-dealkylation sites (N-methyl/N-ethyl adjacent to an activating group) is 1. The minimum Gasteiger partial charge on any atom is -0.297 e. The molecule has 19 heavy (non-hydrogen) atoms. The van der Waals surface area contributed by atoms with Crippen LogP contribution in [0.3, 0.4) is 0 Å². The van der Waals surface area contributed by atoms with E-state index in [9.17, 15) is 4.79 Å². The Hall–Kier alpha value is -0.370. The average molecular weight is 267 g/mol. The van der Waals surface area contributed by atoms with E-state index >= 15 is 0 Å². The second-order valence-corrected chi connectivity index (χ2v) is 6.30. The van der Waals surface area contributed by atoms with Crippen molar-refractivity contribution < 1.29 is 4.79 Å². The second-order valence-electron chi connectivity index (χ2n) is 6.30. The molecule has 0 radical (unpaired) electrons. The van der Waals surface area contributed by atoms with Gasteiger partial charge in [0.15, 0.2) is 5.78 Å². The molecule has 112 valence electrons. The lowest BCUT2D eigenvalue weighted by Gasteiger charge is -2.42. The first kappa shape index (κ1) is 16.7. The minimum atomic E-state index is -0.246. The van der Waals surface area contributed by atoms with Crippen LogP contribution in [0.15, 0.2) is 0 Å². The van der Waals surface area contributed by atoms with Crippen LogP contribution in [-0.4, -0.2) is 29.3 Å². The van der Waals surface area contributed by atoms with Gasteiger partial charge in [-0.25, -0.2) is 0 Å². The number of nitrogens with zero attached hydrogens (tertiary/aromatic N) is 1. The molecule has 0 aromatic carbocycles. The predicted molar refractivity (Wildman–Crippen MR) is 82.4 cm³/mol. The zero-order valence-electron chi connectivity index (χ0n) is 13.7. The van der Waals surface area contributed by atoms with Gasteiger partial charge in [-0.15, -0.1) is 0 Å². The van der Waals surface area contributed by atoms with E-state index in [1.165, 1.54) is 19.3 Å². The Balaban J connectivity index is 2.82. The highest BCUT2D eigenvalue weighted by atomic mass is 16.1. The Morgan fingerprint density at radius 3 is 2.26 bits per heavy atom. The molecule has 0 amide bonds. The predicted octanol–water partition coefficient (Wildman–Crippen LogP) is 4.28. The Morgan fingerprint density at radius 1 is 1.16 bits per heavy atom. The topological polar surface area (TPSA) is 20.3 Å². The molecule has 1 fully saturated rings. The lowest BCUT2D eigenvalue weighted by atomic mass is 9.73. The number of carbonyl (C=O) groups excluding carboxylic acids is 1. The molecular weight excluding hydrogens is 234 g/mol. The van der Waals surface area contributed by atoms with Gasteiger partial charge < -0.3 is 0 Å². The molecule has 0 N–H and O–H groups in total. The van der Waals surface area contributed by atoms with Crippen molar-refractivity contribution in [3.8, 4) is 0 Å². The second kappa shape index (κ2) is 7.42. The van der Waals surface area contributed by atoms with E-state index in [1.54, 1.807) is 0 Å². The summed E-state index contributed by atoms with van der Waals surface area (Å²) < 4.78 is 0. The van der Waals surface area contributed by atoms with E-state index in [0.29, 0.717) is 11.7 Å². The third-order valence-electron chi connectivity index (χ3n) is 5.41. The lowest BCUT2D eigenvalue weighted by molar-refractivity contribution is -0.136. The van der Waals surface area contributed by atoms with Crippen molar-refractivity contribution in [2.45, 2.75) is 78.7 Å². The van der Waals surface area contributed by atoms with Gasteiger partial charge in [-0.3, -0.25) is 9.69 Å². The molecule has 0 heterocycles. The molecule has 0 aliphatic heterocycles. The van der Waals surface area contributed by atoms with Crippen molar-refractivity contribution in [1.29, 1.82) is 0 Å². The van der Waals surface area contributed by atoms with Crippen LogP contribution in [0.2, 0.25) is 0 Å². The maximum atomic E-state index is 13.0. The molecule has 3 unspecified atom stereocenters. The van der Waals surface area contributed by atoms with Gasteiger partial charge in [-0.05, 0) is 45.2 Å². The van der Waals surface area contributed by atoms with Crippen molar-refractivity contribution in [3.05, 3.63) is 0 Å². The van der Waals surface area contributed by atoms with E-state index in [1.807, 2.05) is 0 Å². The summed E-state index contributed by atoms with van der Waals surface area (Å²) in [4.78, 5) is 15.4. The molecule has 1 aliphatic carbocycles. The van der Waals surface area contributed by atoms with E-state index in [0.717, 1.165) is 38.3 Å². The molecule has 2 heteroatoms. The quantitative estimate of drug-likeness (QED) is 0.686. The van der Waals surface area contributed by atoms with Crippen molar-refractivity contribution in [3.63, 3.8) is 0 Å². The molecule has 1 rings (SSSR count). The number of ketones is 1. The zero-order chi connectivity index (χ0) is 14.5. The van der Waals surface area contributed by atoms with Crippen LogP contribution in [0, 0.1) is 11.8 Å². The Kier molecular flexibility index (Phi) is 6.52. The molecule has 1 saturated carbocycles. The third-order valence-corrected chi connectivity index (χ3v) is 5.41. The average Bonchev–Trinajstić information content (AvgIpc) is 2.47. The third kappa shape index (κ3) is 3.59. The van der Waals surface area contributed by atoms with E-state index in [2.05, 4.69) is 39.5 Å². The normalized spacial score (nSPS) is 27.3. The van der Waals surface area contributed by atoms with Gasteiger partial charge in [-0.1, -0.05) is 47.0 Å². The monoisotopic (exact) mass is 267 g/mol. The van der Waals surface area contributed by atoms with Crippen LogP contribution in [-0.2, 0) is 4.79 Å². The standard InChI is InChI=1S/C17H33NO/c1-6-14-11-10-12-15(13-14)16(19)17(5,7-2)18(8-3)9-4/h14-15H,6-13H2,1-5H3. The number of carbonyl (C=O) groups is 1. The molecule has 0 aromatic rings.